The molecule has 5 heteroatoms. The molecule has 0 atom stereocenters. The van der Waals surface area contributed by atoms with Gasteiger partial charge in [-0.15, -0.1) is 0 Å². The molecule has 1 aromatic heterocycles. The van der Waals surface area contributed by atoms with Gasteiger partial charge in [-0.2, -0.15) is 5.10 Å². The quantitative estimate of drug-likeness (QED) is 0.732. The van der Waals surface area contributed by atoms with E-state index in [1.165, 1.54) is 6.20 Å². The highest BCUT2D eigenvalue weighted by Gasteiger charge is 2.06. The van der Waals surface area contributed by atoms with E-state index in [1.54, 1.807) is 7.11 Å². The lowest BCUT2D eigenvalue weighted by molar-refractivity contribution is 0.412. The van der Waals surface area contributed by atoms with Crippen LogP contribution in [0.4, 0.5) is 0 Å². The number of fused-ring (bicyclic) bond motifs is 1. The number of nitrogens with zero attached hydrogens (tertiary/aromatic N) is 2. The molecule has 0 bridgehead atoms. The fourth-order valence-electron chi connectivity index (χ4n) is 2.27. The fourth-order valence-corrected chi connectivity index (χ4v) is 2.86. The zero-order valence-electron chi connectivity index (χ0n) is 11.4. The van der Waals surface area contributed by atoms with Crippen LogP contribution in [0.15, 0.2) is 57.9 Å². The number of halogens is 1. The van der Waals surface area contributed by atoms with Crippen LogP contribution in [0.2, 0.25) is 0 Å². The number of hydrogen-bond donors (Lipinski definition) is 0. The predicted octanol–water partition coefficient (Wildman–Crippen LogP) is 3.22. The van der Waals surface area contributed by atoms with Gasteiger partial charge in [0.2, 0.25) is 5.43 Å². The fraction of sp³-hybridized carbons (Fsp3) is 0.125. The molecule has 0 saturated carbocycles. The van der Waals surface area contributed by atoms with E-state index < -0.39 is 0 Å². The van der Waals surface area contributed by atoms with Gasteiger partial charge < -0.3 is 4.74 Å². The molecule has 3 rings (SSSR count). The van der Waals surface area contributed by atoms with Crippen molar-refractivity contribution in [1.82, 2.24) is 9.78 Å². The standard InChI is InChI=1S/C16H13BrN2O2/c1-21-16-7-6-11(8-13(16)17)10-19-14-5-3-2-4-12(14)15(20)9-18-19/h2-9H,10H2,1H3. The molecule has 3 aromatic rings. The van der Waals surface area contributed by atoms with Crippen LogP contribution in [0.3, 0.4) is 0 Å². The maximum Gasteiger partial charge on any atom is 0.207 e. The summed E-state index contributed by atoms with van der Waals surface area (Å²) in [6.45, 7) is 0.587. The summed E-state index contributed by atoms with van der Waals surface area (Å²) in [4.78, 5) is 11.8. The third-order valence-electron chi connectivity index (χ3n) is 3.31. The van der Waals surface area contributed by atoms with Gasteiger partial charge in [0.15, 0.2) is 0 Å². The first kappa shape index (κ1) is 13.8. The Hall–Kier alpha value is -2.14. The SMILES string of the molecule is COc1ccc(Cn2ncc(=O)c3ccccc32)cc1Br. The van der Waals surface area contributed by atoms with E-state index in [0.29, 0.717) is 11.9 Å². The molecule has 1 heterocycles. The monoisotopic (exact) mass is 344 g/mol. The van der Waals surface area contributed by atoms with Crippen molar-refractivity contribution in [3.05, 3.63) is 68.9 Å². The van der Waals surface area contributed by atoms with Gasteiger partial charge in [0, 0.05) is 5.39 Å². The number of ether oxygens (including phenoxy) is 1. The first-order valence-electron chi connectivity index (χ1n) is 6.46. The van der Waals surface area contributed by atoms with Crippen LogP contribution in [0, 0.1) is 0 Å². The minimum absolute atomic E-state index is 0.0576. The summed E-state index contributed by atoms with van der Waals surface area (Å²) in [5.41, 5.74) is 1.85. The minimum atomic E-state index is -0.0576. The second kappa shape index (κ2) is 5.69. The van der Waals surface area contributed by atoms with Crippen LogP contribution < -0.4 is 10.2 Å². The van der Waals surface area contributed by atoms with Crippen molar-refractivity contribution in [2.45, 2.75) is 6.54 Å². The summed E-state index contributed by atoms with van der Waals surface area (Å²) in [6.07, 6.45) is 1.36. The summed E-state index contributed by atoms with van der Waals surface area (Å²) in [5, 5.41) is 4.91. The highest BCUT2D eigenvalue weighted by atomic mass is 79.9. The van der Waals surface area contributed by atoms with Gasteiger partial charge >= 0.3 is 0 Å². The maximum absolute atomic E-state index is 11.8. The van der Waals surface area contributed by atoms with Crippen molar-refractivity contribution in [2.24, 2.45) is 0 Å². The van der Waals surface area contributed by atoms with Crippen molar-refractivity contribution in [3.63, 3.8) is 0 Å². The molecule has 0 aliphatic heterocycles. The molecule has 21 heavy (non-hydrogen) atoms. The molecule has 0 aliphatic carbocycles. The van der Waals surface area contributed by atoms with Gasteiger partial charge in [0.05, 0.1) is 29.8 Å². The van der Waals surface area contributed by atoms with E-state index >= 15 is 0 Å². The summed E-state index contributed by atoms with van der Waals surface area (Å²) in [7, 11) is 1.64. The molecule has 0 aliphatic rings. The predicted molar refractivity (Wildman–Crippen MR) is 85.8 cm³/mol. The number of hydrogen-bond acceptors (Lipinski definition) is 3. The number of aromatic nitrogens is 2. The second-order valence-corrected chi connectivity index (χ2v) is 5.51. The molecular weight excluding hydrogens is 332 g/mol. The van der Waals surface area contributed by atoms with Crippen LogP contribution in [0.1, 0.15) is 5.56 Å². The van der Waals surface area contributed by atoms with Crippen LogP contribution in [-0.2, 0) is 6.54 Å². The Morgan fingerprint density at radius 3 is 2.81 bits per heavy atom. The van der Waals surface area contributed by atoms with Gasteiger partial charge in [-0.25, -0.2) is 0 Å². The van der Waals surface area contributed by atoms with Crippen molar-refractivity contribution in [3.8, 4) is 5.75 Å². The minimum Gasteiger partial charge on any atom is -0.496 e. The Kier molecular flexibility index (Phi) is 3.75. The highest BCUT2D eigenvalue weighted by Crippen LogP contribution is 2.26. The normalized spacial score (nSPS) is 10.8. The molecule has 106 valence electrons. The van der Waals surface area contributed by atoms with Crippen molar-refractivity contribution in [2.75, 3.05) is 7.11 Å². The first-order valence-corrected chi connectivity index (χ1v) is 7.25. The Labute approximate surface area is 130 Å². The molecule has 0 spiro atoms. The van der Waals surface area contributed by atoms with E-state index in [2.05, 4.69) is 21.0 Å². The van der Waals surface area contributed by atoms with Crippen LogP contribution in [0.25, 0.3) is 10.9 Å². The summed E-state index contributed by atoms with van der Waals surface area (Å²) < 4.78 is 7.95. The van der Waals surface area contributed by atoms with Gasteiger partial charge in [-0.3, -0.25) is 9.48 Å². The average molecular weight is 345 g/mol. The Bertz CT molecular complexity index is 858. The van der Waals surface area contributed by atoms with E-state index in [4.69, 9.17) is 4.74 Å². The van der Waals surface area contributed by atoms with Gasteiger partial charge in [0.25, 0.3) is 0 Å². The lowest BCUT2D eigenvalue weighted by Gasteiger charge is -2.10. The molecule has 0 amide bonds. The zero-order chi connectivity index (χ0) is 14.8. The van der Waals surface area contributed by atoms with Crippen LogP contribution >= 0.6 is 15.9 Å². The number of methoxy groups -OCH3 is 1. The van der Waals surface area contributed by atoms with Crippen LogP contribution in [0.5, 0.6) is 5.75 Å². The van der Waals surface area contributed by atoms with E-state index in [9.17, 15) is 4.79 Å². The van der Waals surface area contributed by atoms with E-state index in [0.717, 1.165) is 21.3 Å². The largest absolute Gasteiger partial charge is 0.496 e. The summed E-state index contributed by atoms with van der Waals surface area (Å²) in [6, 6.07) is 13.4. The Morgan fingerprint density at radius 2 is 2.05 bits per heavy atom. The molecule has 4 nitrogen and oxygen atoms in total. The van der Waals surface area contributed by atoms with Crippen LogP contribution in [-0.4, -0.2) is 16.9 Å². The number of para-hydroxylation sites is 1. The molecule has 0 saturated heterocycles. The topological polar surface area (TPSA) is 44.1 Å². The Morgan fingerprint density at radius 1 is 1.24 bits per heavy atom. The van der Waals surface area contributed by atoms with Gasteiger partial charge in [-0.05, 0) is 45.8 Å². The lowest BCUT2D eigenvalue weighted by atomic mass is 10.2. The second-order valence-electron chi connectivity index (χ2n) is 4.65. The Balaban J connectivity index is 2.04. The zero-order valence-corrected chi connectivity index (χ0v) is 13.0. The molecule has 2 aromatic carbocycles. The average Bonchev–Trinajstić information content (AvgIpc) is 2.51. The van der Waals surface area contributed by atoms with Gasteiger partial charge in [0.1, 0.15) is 5.75 Å². The molecule has 0 fully saturated rings. The van der Waals surface area contributed by atoms with E-state index in [-0.39, 0.29) is 5.43 Å². The smallest absolute Gasteiger partial charge is 0.207 e. The summed E-state index contributed by atoms with van der Waals surface area (Å²) in [5.74, 6) is 0.788. The molecular formula is C16H13BrN2O2. The summed E-state index contributed by atoms with van der Waals surface area (Å²) >= 11 is 3.48. The molecule has 0 unspecified atom stereocenters. The molecule has 0 radical (unpaired) electrons. The van der Waals surface area contributed by atoms with Crippen molar-refractivity contribution in [1.29, 1.82) is 0 Å². The first-order chi connectivity index (χ1) is 10.2. The highest BCUT2D eigenvalue weighted by molar-refractivity contribution is 9.10. The number of benzene rings is 2. The number of rotatable bonds is 3. The third-order valence-corrected chi connectivity index (χ3v) is 3.93. The maximum atomic E-state index is 11.8. The van der Waals surface area contributed by atoms with E-state index in [1.807, 2.05) is 47.1 Å². The molecule has 0 N–H and O–H groups in total. The van der Waals surface area contributed by atoms with Crippen molar-refractivity contribution >= 4 is 26.8 Å². The third kappa shape index (κ3) is 2.69. The van der Waals surface area contributed by atoms with Crippen molar-refractivity contribution < 1.29 is 4.74 Å². The lowest BCUT2D eigenvalue weighted by Crippen LogP contribution is -2.12. The van der Waals surface area contributed by atoms with Gasteiger partial charge in [-0.1, -0.05) is 18.2 Å².